The number of aromatic nitrogens is 1. The number of hydrogen-bond donors (Lipinski definition) is 1. The highest BCUT2D eigenvalue weighted by Crippen LogP contribution is 2.36. The Morgan fingerprint density at radius 3 is 2.67 bits per heavy atom. The summed E-state index contributed by atoms with van der Waals surface area (Å²) in [5.41, 5.74) is 2.24. The Kier molecular flexibility index (Phi) is 4.90. The molecule has 1 aliphatic rings. The number of carboxylic acids is 1. The SMILES string of the molecule is O=C(O)c1ccc(CCC(=O)N2CCCC2c2nc3ccccc3s2)cc1. The Morgan fingerprint density at radius 2 is 1.93 bits per heavy atom. The second kappa shape index (κ2) is 7.48. The van der Waals surface area contributed by atoms with Crippen molar-refractivity contribution < 1.29 is 14.7 Å². The summed E-state index contributed by atoms with van der Waals surface area (Å²) >= 11 is 1.67. The van der Waals surface area contributed by atoms with Crippen LogP contribution in [0, 0.1) is 0 Å². The highest BCUT2D eigenvalue weighted by Gasteiger charge is 2.31. The molecule has 0 aliphatic carbocycles. The molecule has 2 heterocycles. The topological polar surface area (TPSA) is 70.5 Å². The molecule has 1 fully saturated rings. The maximum absolute atomic E-state index is 12.8. The molecule has 3 aromatic rings. The molecule has 1 amide bonds. The molecule has 1 aromatic heterocycles. The van der Waals surface area contributed by atoms with Crippen LogP contribution in [-0.2, 0) is 11.2 Å². The quantitative estimate of drug-likeness (QED) is 0.717. The van der Waals surface area contributed by atoms with Gasteiger partial charge in [-0.1, -0.05) is 24.3 Å². The van der Waals surface area contributed by atoms with E-state index < -0.39 is 5.97 Å². The Balaban J connectivity index is 1.43. The van der Waals surface area contributed by atoms with Crippen LogP contribution in [0.5, 0.6) is 0 Å². The lowest BCUT2D eigenvalue weighted by atomic mass is 10.1. The fourth-order valence-electron chi connectivity index (χ4n) is 3.56. The van der Waals surface area contributed by atoms with Crippen molar-refractivity contribution in [3.8, 4) is 0 Å². The number of likely N-dealkylation sites (tertiary alicyclic amines) is 1. The number of carbonyl (C=O) groups excluding carboxylic acids is 1. The number of hydrogen-bond acceptors (Lipinski definition) is 4. The van der Waals surface area contributed by atoms with Gasteiger partial charge >= 0.3 is 5.97 Å². The lowest BCUT2D eigenvalue weighted by Crippen LogP contribution is -2.30. The zero-order valence-electron chi connectivity index (χ0n) is 14.8. The number of rotatable bonds is 5. The average molecular weight is 380 g/mol. The maximum Gasteiger partial charge on any atom is 0.335 e. The van der Waals surface area contributed by atoms with Gasteiger partial charge in [-0.2, -0.15) is 0 Å². The van der Waals surface area contributed by atoms with E-state index in [0.717, 1.165) is 40.2 Å². The molecule has 1 N–H and O–H groups in total. The van der Waals surface area contributed by atoms with Crippen LogP contribution in [0.4, 0.5) is 0 Å². The number of nitrogens with zero attached hydrogens (tertiary/aromatic N) is 2. The standard InChI is InChI=1S/C21H20N2O3S/c24-19(12-9-14-7-10-15(11-8-14)21(25)26)23-13-3-5-17(23)20-22-16-4-1-2-6-18(16)27-20/h1-2,4,6-8,10-11,17H,3,5,9,12-13H2,(H,25,26). The summed E-state index contributed by atoms with van der Waals surface area (Å²) in [7, 11) is 0. The number of aromatic carboxylic acids is 1. The van der Waals surface area contributed by atoms with Crippen LogP contribution < -0.4 is 0 Å². The number of fused-ring (bicyclic) bond motifs is 1. The largest absolute Gasteiger partial charge is 0.478 e. The Bertz CT molecular complexity index is 948. The second-order valence-electron chi connectivity index (χ2n) is 6.77. The Labute approximate surface area is 161 Å². The molecule has 6 heteroatoms. The van der Waals surface area contributed by atoms with Gasteiger partial charge in [-0.25, -0.2) is 9.78 Å². The number of benzene rings is 2. The van der Waals surface area contributed by atoms with Crippen molar-refractivity contribution >= 4 is 33.4 Å². The van der Waals surface area contributed by atoms with Crippen molar-refractivity contribution in [2.45, 2.75) is 31.7 Å². The third kappa shape index (κ3) is 3.71. The van der Waals surface area contributed by atoms with Gasteiger partial charge in [0.2, 0.25) is 5.91 Å². The molecule has 0 radical (unpaired) electrons. The van der Waals surface area contributed by atoms with E-state index >= 15 is 0 Å². The van der Waals surface area contributed by atoms with Crippen molar-refractivity contribution in [3.63, 3.8) is 0 Å². The lowest BCUT2D eigenvalue weighted by Gasteiger charge is -2.23. The number of aryl methyl sites for hydroxylation is 1. The van der Waals surface area contributed by atoms with E-state index in [4.69, 9.17) is 10.1 Å². The minimum absolute atomic E-state index is 0.0734. The normalized spacial score (nSPS) is 16.7. The first-order valence-corrected chi connectivity index (χ1v) is 9.90. The molecule has 1 unspecified atom stereocenters. The van der Waals surface area contributed by atoms with E-state index in [1.165, 1.54) is 0 Å². The van der Waals surface area contributed by atoms with Gasteiger partial charge in [0.1, 0.15) is 5.01 Å². The molecular formula is C21H20N2O3S. The summed E-state index contributed by atoms with van der Waals surface area (Å²) < 4.78 is 1.16. The Morgan fingerprint density at radius 1 is 1.15 bits per heavy atom. The van der Waals surface area contributed by atoms with E-state index in [1.807, 2.05) is 23.1 Å². The second-order valence-corrected chi connectivity index (χ2v) is 7.83. The van der Waals surface area contributed by atoms with E-state index in [9.17, 15) is 9.59 Å². The highest BCUT2D eigenvalue weighted by molar-refractivity contribution is 7.18. The van der Waals surface area contributed by atoms with Crippen molar-refractivity contribution in [1.29, 1.82) is 0 Å². The number of carboxylic acid groups (broad SMARTS) is 1. The van der Waals surface area contributed by atoms with Gasteiger partial charge in [-0.3, -0.25) is 4.79 Å². The molecule has 1 atom stereocenters. The number of thiazole rings is 1. The number of para-hydroxylation sites is 1. The summed E-state index contributed by atoms with van der Waals surface area (Å²) in [5.74, 6) is -0.799. The first-order valence-electron chi connectivity index (χ1n) is 9.09. The first kappa shape index (κ1) is 17.7. The minimum Gasteiger partial charge on any atom is -0.478 e. The average Bonchev–Trinajstić information content (AvgIpc) is 3.32. The third-order valence-corrected chi connectivity index (χ3v) is 6.13. The zero-order chi connectivity index (χ0) is 18.8. The molecule has 1 saturated heterocycles. The van der Waals surface area contributed by atoms with Crippen molar-refractivity contribution in [1.82, 2.24) is 9.88 Å². The van der Waals surface area contributed by atoms with Crippen molar-refractivity contribution in [3.05, 3.63) is 64.7 Å². The summed E-state index contributed by atoms with van der Waals surface area (Å²) in [4.78, 5) is 30.4. The highest BCUT2D eigenvalue weighted by atomic mass is 32.1. The van der Waals surface area contributed by atoms with Gasteiger partial charge in [0.15, 0.2) is 0 Å². The molecule has 5 nitrogen and oxygen atoms in total. The van der Waals surface area contributed by atoms with Crippen LogP contribution in [0.2, 0.25) is 0 Å². The van der Waals surface area contributed by atoms with E-state index in [2.05, 4.69) is 6.07 Å². The zero-order valence-corrected chi connectivity index (χ0v) is 15.6. The van der Waals surface area contributed by atoms with Gasteiger partial charge in [0.05, 0.1) is 21.8 Å². The van der Waals surface area contributed by atoms with Gasteiger partial charge < -0.3 is 10.0 Å². The predicted molar refractivity (Wildman–Crippen MR) is 105 cm³/mol. The molecule has 0 bridgehead atoms. The summed E-state index contributed by atoms with van der Waals surface area (Å²) in [6.45, 7) is 0.775. The van der Waals surface area contributed by atoms with Crippen molar-refractivity contribution in [2.75, 3.05) is 6.54 Å². The van der Waals surface area contributed by atoms with Gasteiger partial charge in [0.25, 0.3) is 0 Å². The van der Waals surface area contributed by atoms with Crippen LogP contribution in [0.3, 0.4) is 0 Å². The lowest BCUT2D eigenvalue weighted by molar-refractivity contribution is -0.132. The van der Waals surface area contributed by atoms with Crippen LogP contribution in [-0.4, -0.2) is 33.4 Å². The molecule has 0 spiro atoms. The number of amides is 1. The Hall–Kier alpha value is -2.73. The molecule has 0 saturated carbocycles. The number of carbonyl (C=O) groups is 2. The predicted octanol–water partition coefficient (Wildman–Crippen LogP) is 4.29. The molecule has 2 aromatic carbocycles. The fraction of sp³-hybridized carbons (Fsp3) is 0.286. The maximum atomic E-state index is 12.8. The van der Waals surface area contributed by atoms with Crippen LogP contribution >= 0.6 is 11.3 Å². The molecule has 1 aliphatic heterocycles. The fourth-order valence-corrected chi connectivity index (χ4v) is 4.68. The summed E-state index contributed by atoms with van der Waals surface area (Å²) in [6, 6.07) is 14.9. The van der Waals surface area contributed by atoms with E-state index in [-0.39, 0.29) is 17.5 Å². The monoisotopic (exact) mass is 380 g/mol. The van der Waals surface area contributed by atoms with Crippen LogP contribution in [0.1, 0.15) is 46.2 Å². The smallest absolute Gasteiger partial charge is 0.335 e. The van der Waals surface area contributed by atoms with Gasteiger partial charge in [-0.15, -0.1) is 11.3 Å². The van der Waals surface area contributed by atoms with Gasteiger partial charge in [0, 0.05) is 13.0 Å². The van der Waals surface area contributed by atoms with E-state index in [0.29, 0.717) is 12.8 Å². The molecular weight excluding hydrogens is 360 g/mol. The molecule has 4 rings (SSSR count). The summed E-state index contributed by atoms with van der Waals surface area (Å²) in [6.07, 6.45) is 2.99. The summed E-state index contributed by atoms with van der Waals surface area (Å²) in [5, 5.41) is 9.98. The van der Waals surface area contributed by atoms with E-state index in [1.54, 1.807) is 35.6 Å². The van der Waals surface area contributed by atoms with Crippen LogP contribution in [0.25, 0.3) is 10.2 Å². The van der Waals surface area contributed by atoms with Crippen LogP contribution in [0.15, 0.2) is 48.5 Å². The first-order chi connectivity index (χ1) is 13.1. The minimum atomic E-state index is -0.937. The molecule has 27 heavy (non-hydrogen) atoms. The third-order valence-electron chi connectivity index (χ3n) is 5.00. The molecule has 138 valence electrons. The van der Waals surface area contributed by atoms with Gasteiger partial charge in [-0.05, 0) is 49.1 Å². The van der Waals surface area contributed by atoms with Crippen molar-refractivity contribution in [2.24, 2.45) is 0 Å².